The van der Waals surface area contributed by atoms with Crippen molar-refractivity contribution < 1.29 is 19.4 Å². The summed E-state index contributed by atoms with van der Waals surface area (Å²) < 4.78 is 4.76. The van der Waals surface area contributed by atoms with Crippen molar-refractivity contribution in [2.24, 2.45) is 0 Å². The summed E-state index contributed by atoms with van der Waals surface area (Å²) in [6, 6.07) is 9.09. The van der Waals surface area contributed by atoms with Crippen LogP contribution in [-0.2, 0) is 20.9 Å². The molecular formula is C11H9O4Pb-. The van der Waals surface area contributed by atoms with Crippen molar-refractivity contribution in [1.29, 1.82) is 0 Å². The van der Waals surface area contributed by atoms with Crippen molar-refractivity contribution in [3.63, 3.8) is 0 Å². The van der Waals surface area contributed by atoms with E-state index >= 15 is 0 Å². The third-order valence-electron chi connectivity index (χ3n) is 1.58. The summed E-state index contributed by atoms with van der Waals surface area (Å²) in [5.41, 5.74) is 0.840. The first-order valence-corrected chi connectivity index (χ1v) is 4.28. The first-order chi connectivity index (χ1) is 7.18. The van der Waals surface area contributed by atoms with Crippen molar-refractivity contribution >= 4 is 39.2 Å². The van der Waals surface area contributed by atoms with Crippen molar-refractivity contribution in [1.82, 2.24) is 0 Å². The second-order valence-electron chi connectivity index (χ2n) is 2.75. The number of esters is 1. The molecule has 5 heteroatoms. The molecule has 0 fully saturated rings. The molecule has 0 aliphatic carbocycles. The van der Waals surface area contributed by atoms with Crippen LogP contribution in [-0.4, -0.2) is 39.2 Å². The minimum absolute atomic E-state index is 0. The van der Waals surface area contributed by atoms with Crippen LogP contribution >= 0.6 is 0 Å². The molecule has 0 spiro atoms. The van der Waals surface area contributed by atoms with Gasteiger partial charge in [0, 0.05) is 33.4 Å². The Morgan fingerprint density at radius 1 is 1.19 bits per heavy atom. The maximum atomic E-state index is 10.9. The molecule has 0 saturated heterocycles. The van der Waals surface area contributed by atoms with Crippen LogP contribution in [0.25, 0.3) is 0 Å². The molecular weight excluding hydrogens is 403 g/mol. The SMILES string of the molecule is O=C([O-])C=CC(=O)OCc1ccccc1.[Pb]. The maximum absolute atomic E-state index is 10.9. The summed E-state index contributed by atoms with van der Waals surface area (Å²) >= 11 is 0. The fourth-order valence-electron chi connectivity index (χ4n) is 0.913. The molecule has 4 nitrogen and oxygen atoms in total. The molecule has 0 aromatic heterocycles. The van der Waals surface area contributed by atoms with E-state index in [0.717, 1.165) is 11.6 Å². The van der Waals surface area contributed by atoms with Crippen molar-refractivity contribution in [3.8, 4) is 0 Å². The van der Waals surface area contributed by atoms with Gasteiger partial charge in [0.15, 0.2) is 0 Å². The summed E-state index contributed by atoms with van der Waals surface area (Å²) in [4.78, 5) is 20.9. The first kappa shape index (κ1) is 14.8. The van der Waals surface area contributed by atoms with Crippen LogP contribution < -0.4 is 5.11 Å². The topological polar surface area (TPSA) is 66.4 Å². The maximum Gasteiger partial charge on any atom is 0.331 e. The van der Waals surface area contributed by atoms with E-state index in [-0.39, 0.29) is 33.9 Å². The predicted octanol–water partition coefficient (Wildman–Crippen LogP) is -0.345. The second kappa shape index (κ2) is 8.03. The zero-order valence-electron chi connectivity index (χ0n) is 8.38. The van der Waals surface area contributed by atoms with Crippen molar-refractivity contribution in [3.05, 3.63) is 48.0 Å². The largest absolute Gasteiger partial charge is 0.545 e. The number of carboxylic acid groups (broad SMARTS) is 1. The van der Waals surface area contributed by atoms with Gasteiger partial charge in [0.2, 0.25) is 0 Å². The molecule has 1 aromatic carbocycles. The molecule has 0 saturated carbocycles. The first-order valence-electron chi connectivity index (χ1n) is 4.28. The van der Waals surface area contributed by atoms with Gasteiger partial charge in [0.25, 0.3) is 0 Å². The molecule has 4 radical (unpaired) electrons. The predicted molar refractivity (Wildman–Crippen MR) is 56.1 cm³/mol. The number of carbonyl (C=O) groups is 2. The van der Waals surface area contributed by atoms with Gasteiger partial charge in [0.05, 0.1) is 5.97 Å². The average molecular weight is 412 g/mol. The molecule has 0 heterocycles. The molecule has 16 heavy (non-hydrogen) atoms. The zero-order valence-corrected chi connectivity index (χ0v) is 12.3. The number of carbonyl (C=O) groups excluding carboxylic acids is 2. The Balaban J connectivity index is 0.00000225. The van der Waals surface area contributed by atoms with Crippen LogP contribution in [0.4, 0.5) is 0 Å². The fourth-order valence-corrected chi connectivity index (χ4v) is 0.913. The number of ether oxygens (including phenoxy) is 1. The van der Waals surface area contributed by atoms with E-state index in [9.17, 15) is 14.7 Å². The molecule has 0 aliphatic heterocycles. The fraction of sp³-hybridized carbons (Fsp3) is 0.0909. The quantitative estimate of drug-likeness (QED) is 0.386. The van der Waals surface area contributed by atoms with Crippen LogP contribution in [0.5, 0.6) is 0 Å². The van der Waals surface area contributed by atoms with Crippen LogP contribution in [0.2, 0.25) is 0 Å². The van der Waals surface area contributed by atoms with Crippen LogP contribution in [0.3, 0.4) is 0 Å². The average Bonchev–Trinajstić information content (AvgIpc) is 2.25. The number of hydrogen-bond acceptors (Lipinski definition) is 4. The third-order valence-corrected chi connectivity index (χ3v) is 1.58. The molecule has 0 bridgehead atoms. The Hall–Kier alpha value is -1.18. The van der Waals surface area contributed by atoms with Gasteiger partial charge in [-0.1, -0.05) is 30.3 Å². The monoisotopic (exact) mass is 413 g/mol. The number of benzene rings is 1. The smallest absolute Gasteiger partial charge is 0.331 e. The van der Waals surface area contributed by atoms with Gasteiger partial charge in [-0.25, -0.2) is 4.79 Å². The van der Waals surface area contributed by atoms with E-state index in [1.165, 1.54) is 0 Å². The summed E-state index contributed by atoms with van der Waals surface area (Å²) in [7, 11) is 0. The van der Waals surface area contributed by atoms with Crippen LogP contribution in [0, 0.1) is 0 Å². The summed E-state index contributed by atoms with van der Waals surface area (Å²) in [6.07, 6.45) is 1.45. The van der Waals surface area contributed by atoms with Gasteiger partial charge in [-0.05, 0) is 11.6 Å². The Kier molecular flexibility index (Phi) is 7.44. The van der Waals surface area contributed by atoms with Crippen molar-refractivity contribution in [2.75, 3.05) is 0 Å². The van der Waals surface area contributed by atoms with Gasteiger partial charge in [-0.3, -0.25) is 0 Å². The second-order valence-corrected chi connectivity index (χ2v) is 2.75. The third kappa shape index (κ3) is 6.33. The van der Waals surface area contributed by atoms with Crippen molar-refractivity contribution in [2.45, 2.75) is 6.61 Å². The number of aliphatic carboxylic acids is 1. The van der Waals surface area contributed by atoms with Crippen LogP contribution in [0.1, 0.15) is 5.56 Å². The summed E-state index contributed by atoms with van der Waals surface area (Å²) in [5.74, 6) is -2.13. The van der Waals surface area contributed by atoms with Gasteiger partial charge in [-0.2, -0.15) is 0 Å². The van der Waals surface area contributed by atoms with Gasteiger partial charge in [0.1, 0.15) is 6.61 Å². The van der Waals surface area contributed by atoms with E-state index in [2.05, 4.69) is 0 Å². The Bertz CT molecular complexity index is 373. The van der Waals surface area contributed by atoms with E-state index in [4.69, 9.17) is 4.74 Å². The minimum Gasteiger partial charge on any atom is -0.545 e. The Labute approximate surface area is 113 Å². The molecule has 1 aromatic rings. The Morgan fingerprint density at radius 2 is 1.81 bits per heavy atom. The molecule has 82 valence electrons. The van der Waals surface area contributed by atoms with Gasteiger partial charge < -0.3 is 14.6 Å². The normalized spacial score (nSPS) is 9.50. The Morgan fingerprint density at radius 3 is 2.38 bits per heavy atom. The van der Waals surface area contributed by atoms with E-state index in [1.54, 1.807) is 12.1 Å². The number of rotatable bonds is 4. The minimum atomic E-state index is -1.42. The van der Waals surface area contributed by atoms with E-state index in [1.807, 2.05) is 18.2 Å². The van der Waals surface area contributed by atoms with Crippen LogP contribution in [0.15, 0.2) is 42.5 Å². The van der Waals surface area contributed by atoms with E-state index in [0.29, 0.717) is 6.08 Å². The molecule has 0 aliphatic rings. The molecule has 0 unspecified atom stereocenters. The molecule has 0 atom stereocenters. The standard InChI is InChI=1S/C11H10O4.Pb/c12-10(13)6-7-11(14)15-8-9-4-2-1-3-5-9;/h1-7H,8H2,(H,12,13);/p-1. The zero-order chi connectivity index (χ0) is 11.1. The number of carboxylic acids is 1. The number of hydrogen-bond donors (Lipinski definition) is 0. The van der Waals surface area contributed by atoms with Gasteiger partial charge >= 0.3 is 5.97 Å². The molecule has 0 amide bonds. The summed E-state index contributed by atoms with van der Waals surface area (Å²) in [5, 5.41) is 9.97. The van der Waals surface area contributed by atoms with Gasteiger partial charge in [-0.15, -0.1) is 0 Å². The molecule has 0 N–H and O–H groups in total. The molecule has 1 rings (SSSR count). The van der Waals surface area contributed by atoms with E-state index < -0.39 is 11.9 Å². The summed E-state index contributed by atoms with van der Waals surface area (Å²) in [6.45, 7) is 0.122.